The predicted octanol–water partition coefficient (Wildman–Crippen LogP) is 1.21. The molecule has 6 nitrogen and oxygen atoms in total. The molecule has 0 aliphatic rings. The standard InChI is InChI=1S/C12H15NO5/c1-16-9-5-4-8(6-10(9)17-2)13-11(14)7-12(15)18-3/h4-6H,7H2,1-3H3,(H,13,14). The van der Waals surface area contributed by atoms with Crippen molar-refractivity contribution in [2.24, 2.45) is 0 Å². The van der Waals surface area contributed by atoms with E-state index >= 15 is 0 Å². The number of methoxy groups -OCH3 is 3. The van der Waals surface area contributed by atoms with Gasteiger partial charge in [0.15, 0.2) is 11.5 Å². The maximum absolute atomic E-state index is 11.5. The molecule has 0 unspecified atom stereocenters. The van der Waals surface area contributed by atoms with Gasteiger partial charge in [0, 0.05) is 11.8 Å². The van der Waals surface area contributed by atoms with Gasteiger partial charge in [-0.25, -0.2) is 0 Å². The second kappa shape index (κ2) is 6.48. The van der Waals surface area contributed by atoms with Gasteiger partial charge in [-0.2, -0.15) is 0 Å². The Balaban J connectivity index is 2.73. The van der Waals surface area contributed by atoms with Crippen LogP contribution in [0.5, 0.6) is 11.5 Å². The topological polar surface area (TPSA) is 73.9 Å². The van der Waals surface area contributed by atoms with Crippen molar-refractivity contribution in [2.75, 3.05) is 26.6 Å². The van der Waals surface area contributed by atoms with E-state index in [9.17, 15) is 9.59 Å². The van der Waals surface area contributed by atoms with Gasteiger partial charge in [-0.15, -0.1) is 0 Å². The first-order valence-corrected chi connectivity index (χ1v) is 5.19. The summed E-state index contributed by atoms with van der Waals surface area (Å²) in [4.78, 5) is 22.4. The fourth-order valence-corrected chi connectivity index (χ4v) is 1.32. The maximum Gasteiger partial charge on any atom is 0.315 e. The lowest BCUT2D eigenvalue weighted by Gasteiger charge is -2.10. The van der Waals surface area contributed by atoms with Crippen molar-refractivity contribution in [3.05, 3.63) is 18.2 Å². The van der Waals surface area contributed by atoms with Crippen LogP contribution in [0.2, 0.25) is 0 Å². The lowest BCUT2D eigenvalue weighted by molar-refractivity contribution is -0.142. The van der Waals surface area contributed by atoms with Gasteiger partial charge in [0.25, 0.3) is 0 Å². The van der Waals surface area contributed by atoms with Crippen LogP contribution < -0.4 is 14.8 Å². The molecule has 0 radical (unpaired) electrons. The zero-order chi connectivity index (χ0) is 13.5. The molecular formula is C12H15NO5. The molecule has 6 heteroatoms. The molecule has 0 aromatic heterocycles. The van der Waals surface area contributed by atoms with Gasteiger partial charge in [0.05, 0.1) is 21.3 Å². The lowest BCUT2D eigenvalue weighted by Crippen LogP contribution is -2.17. The monoisotopic (exact) mass is 253 g/mol. The molecule has 1 aromatic rings. The van der Waals surface area contributed by atoms with Crippen LogP contribution >= 0.6 is 0 Å². The largest absolute Gasteiger partial charge is 0.493 e. The van der Waals surface area contributed by atoms with Crippen molar-refractivity contribution < 1.29 is 23.8 Å². The van der Waals surface area contributed by atoms with E-state index in [-0.39, 0.29) is 6.42 Å². The van der Waals surface area contributed by atoms with Crippen molar-refractivity contribution in [1.82, 2.24) is 0 Å². The van der Waals surface area contributed by atoms with Crippen LogP contribution in [-0.4, -0.2) is 33.2 Å². The third kappa shape index (κ3) is 3.65. The highest BCUT2D eigenvalue weighted by molar-refractivity contribution is 6.01. The van der Waals surface area contributed by atoms with E-state index in [1.54, 1.807) is 18.2 Å². The van der Waals surface area contributed by atoms with Gasteiger partial charge < -0.3 is 19.5 Å². The molecule has 1 amide bonds. The second-order valence-corrected chi connectivity index (χ2v) is 3.37. The van der Waals surface area contributed by atoms with Crippen LogP contribution in [0.1, 0.15) is 6.42 Å². The molecule has 0 aliphatic heterocycles. The zero-order valence-electron chi connectivity index (χ0n) is 10.5. The SMILES string of the molecule is COC(=O)CC(=O)Nc1ccc(OC)c(OC)c1. The van der Waals surface area contributed by atoms with Gasteiger partial charge in [0.1, 0.15) is 6.42 Å². The third-order valence-electron chi connectivity index (χ3n) is 2.20. The molecule has 0 bridgehead atoms. The van der Waals surface area contributed by atoms with Crippen molar-refractivity contribution in [3.8, 4) is 11.5 Å². The molecule has 0 fully saturated rings. The molecule has 0 saturated carbocycles. The normalized spacial score (nSPS) is 9.50. The van der Waals surface area contributed by atoms with E-state index in [0.29, 0.717) is 17.2 Å². The fourth-order valence-electron chi connectivity index (χ4n) is 1.32. The number of hydrogen-bond donors (Lipinski definition) is 1. The van der Waals surface area contributed by atoms with Crippen LogP contribution in [-0.2, 0) is 14.3 Å². The van der Waals surface area contributed by atoms with E-state index < -0.39 is 11.9 Å². The summed E-state index contributed by atoms with van der Waals surface area (Å²) < 4.78 is 14.6. The molecule has 1 rings (SSSR count). The van der Waals surface area contributed by atoms with E-state index in [1.165, 1.54) is 21.3 Å². The van der Waals surface area contributed by atoms with Crippen LogP contribution in [0.15, 0.2) is 18.2 Å². The molecule has 1 N–H and O–H groups in total. The number of hydrogen-bond acceptors (Lipinski definition) is 5. The summed E-state index contributed by atoms with van der Waals surface area (Å²) in [7, 11) is 4.25. The van der Waals surface area contributed by atoms with Gasteiger partial charge in [-0.05, 0) is 12.1 Å². The number of benzene rings is 1. The van der Waals surface area contributed by atoms with Gasteiger partial charge in [-0.1, -0.05) is 0 Å². The molecule has 0 heterocycles. The first-order chi connectivity index (χ1) is 8.60. The molecule has 0 aliphatic carbocycles. The molecule has 0 saturated heterocycles. The number of nitrogens with one attached hydrogen (secondary N) is 1. The Kier molecular flexibility index (Phi) is 4.98. The fraction of sp³-hybridized carbons (Fsp3) is 0.333. The number of carbonyl (C=O) groups is 2. The molecule has 1 aromatic carbocycles. The van der Waals surface area contributed by atoms with E-state index in [2.05, 4.69) is 10.1 Å². The Morgan fingerprint density at radius 2 is 1.78 bits per heavy atom. The first kappa shape index (κ1) is 13.8. The van der Waals surface area contributed by atoms with E-state index in [1.807, 2.05) is 0 Å². The number of ether oxygens (including phenoxy) is 3. The quantitative estimate of drug-likeness (QED) is 0.630. The Morgan fingerprint density at radius 1 is 1.11 bits per heavy atom. The van der Waals surface area contributed by atoms with Crippen LogP contribution in [0.4, 0.5) is 5.69 Å². The Hall–Kier alpha value is -2.24. The summed E-state index contributed by atoms with van der Waals surface area (Å²) >= 11 is 0. The highest BCUT2D eigenvalue weighted by Gasteiger charge is 2.11. The van der Waals surface area contributed by atoms with Crippen LogP contribution in [0, 0.1) is 0 Å². The molecule has 0 spiro atoms. The summed E-state index contributed by atoms with van der Waals surface area (Å²) in [5.74, 6) is 0.0129. The number of amides is 1. The van der Waals surface area contributed by atoms with E-state index in [0.717, 1.165) is 0 Å². The first-order valence-electron chi connectivity index (χ1n) is 5.19. The van der Waals surface area contributed by atoms with Crippen molar-refractivity contribution in [2.45, 2.75) is 6.42 Å². The minimum absolute atomic E-state index is 0.329. The van der Waals surface area contributed by atoms with Crippen molar-refractivity contribution >= 4 is 17.6 Å². The highest BCUT2D eigenvalue weighted by Crippen LogP contribution is 2.29. The lowest BCUT2D eigenvalue weighted by atomic mass is 10.2. The number of rotatable bonds is 5. The summed E-state index contributed by atoms with van der Waals surface area (Å²) in [6.45, 7) is 0. The Morgan fingerprint density at radius 3 is 2.33 bits per heavy atom. The third-order valence-corrected chi connectivity index (χ3v) is 2.20. The predicted molar refractivity (Wildman–Crippen MR) is 64.8 cm³/mol. The van der Waals surface area contributed by atoms with Gasteiger partial charge >= 0.3 is 5.97 Å². The number of carbonyl (C=O) groups excluding carboxylic acids is 2. The number of esters is 1. The molecule has 18 heavy (non-hydrogen) atoms. The molecule has 0 atom stereocenters. The summed E-state index contributed by atoms with van der Waals surface area (Å²) in [6.07, 6.45) is -0.329. The number of anilines is 1. The molecular weight excluding hydrogens is 238 g/mol. The smallest absolute Gasteiger partial charge is 0.315 e. The van der Waals surface area contributed by atoms with Gasteiger partial charge in [0.2, 0.25) is 5.91 Å². The van der Waals surface area contributed by atoms with Crippen molar-refractivity contribution in [3.63, 3.8) is 0 Å². The summed E-state index contributed by atoms with van der Waals surface area (Å²) in [6, 6.07) is 4.91. The highest BCUT2D eigenvalue weighted by atomic mass is 16.5. The Bertz CT molecular complexity index is 444. The minimum atomic E-state index is -0.590. The van der Waals surface area contributed by atoms with Crippen molar-refractivity contribution in [1.29, 1.82) is 0 Å². The second-order valence-electron chi connectivity index (χ2n) is 3.37. The van der Waals surface area contributed by atoms with E-state index in [4.69, 9.17) is 9.47 Å². The molecule has 98 valence electrons. The zero-order valence-corrected chi connectivity index (χ0v) is 10.5. The summed E-state index contributed by atoms with van der Waals surface area (Å²) in [5.41, 5.74) is 0.515. The van der Waals surface area contributed by atoms with Crippen LogP contribution in [0.3, 0.4) is 0 Å². The average Bonchev–Trinajstić information content (AvgIpc) is 2.38. The minimum Gasteiger partial charge on any atom is -0.493 e. The summed E-state index contributed by atoms with van der Waals surface area (Å²) in [5, 5.41) is 2.56. The Labute approximate surface area is 105 Å². The average molecular weight is 253 g/mol. The van der Waals surface area contributed by atoms with Gasteiger partial charge in [-0.3, -0.25) is 9.59 Å². The maximum atomic E-state index is 11.5. The van der Waals surface area contributed by atoms with Crippen LogP contribution in [0.25, 0.3) is 0 Å².